The molecule has 4 aromatic rings. The molecule has 1 aliphatic heterocycles. The Kier molecular flexibility index (Phi) is 12.9. The molecule has 1 saturated heterocycles. The molecule has 1 fully saturated rings. The van der Waals surface area contributed by atoms with E-state index in [1.54, 1.807) is 23.9 Å². The lowest BCUT2D eigenvalue weighted by Gasteiger charge is -2.36. The van der Waals surface area contributed by atoms with Gasteiger partial charge in [-0.25, -0.2) is 0 Å². The molecule has 47 heavy (non-hydrogen) atoms. The molecule has 1 heterocycles. The molecule has 0 unspecified atom stereocenters. The van der Waals surface area contributed by atoms with Crippen molar-refractivity contribution in [3.8, 4) is 0 Å². The fourth-order valence-electron chi connectivity index (χ4n) is 5.42. The zero-order chi connectivity index (χ0) is 32.8. The summed E-state index contributed by atoms with van der Waals surface area (Å²) < 4.78 is 12.9. The number of nitrogen functional groups attached to an aromatic ring is 1. The summed E-state index contributed by atoms with van der Waals surface area (Å²) in [6.45, 7) is 0.00295. The van der Waals surface area contributed by atoms with Gasteiger partial charge >= 0.3 is 0 Å². The molecule has 0 saturated carbocycles. The van der Waals surface area contributed by atoms with Crippen LogP contribution in [0.1, 0.15) is 74.0 Å². The quantitative estimate of drug-likeness (QED) is 0.0582. The summed E-state index contributed by atoms with van der Waals surface area (Å²) in [5.74, 6) is 0.700. The Balaban J connectivity index is 1.08. The van der Waals surface area contributed by atoms with Crippen LogP contribution in [0, 0.1) is 0 Å². The monoisotopic (exact) mass is 653 g/mol. The predicted molar refractivity (Wildman–Crippen MR) is 188 cm³/mol. The van der Waals surface area contributed by atoms with Crippen LogP contribution < -0.4 is 16.4 Å². The van der Waals surface area contributed by atoms with Gasteiger partial charge in [-0.1, -0.05) is 79.6 Å². The lowest BCUT2D eigenvalue weighted by Crippen LogP contribution is -2.31. The van der Waals surface area contributed by atoms with E-state index >= 15 is 0 Å². The van der Waals surface area contributed by atoms with Crippen molar-refractivity contribution in [1.29, 1.82) is 0 Å². The molecule has 9 heteroatoms. The SMILES string of the molecule is Nc1ccccc1NC(=O)CCCCCCC(=O)Nc1ccc([C@H]2O[C@@H](CSc3ccccc3)C[C@@H](c3ccc(CO)cc3)O2)cc1. The van der Waals surface area contributed by atoms with Gasteiger partial charge in [-0.2, -0.15) is 0 Å². The minimum absolute atomic E-state index is 0.00295. The summed E-state index contributed by atoms with van der Waals surface area (Å²) in [5.41, 5.74) is 10.6. The number of ether oxygens (including phenoxy) is 2. The van der Waals surface area contributed by atoms with Gasteiger partial charge in [-0.15, -0.1) is 11.8 Å². The molecule has 0 spiro atoms. The first-order valence-corrected chi connectivity index (χ1v) is 17.2. The van der Waals surface area contributed by atoms with Gasteiger partial charge in [0.2, 0.25) is 11.8 Å². The third-order valence-corrected chi connectivity index (χ3v) is 9.20. The van der Waals surface area contributed by atoms with Crippen molar-refractivity contribution in [2.45, 2.75) is 74.9 Å². The molecule has 0 bridgehead atoms. The van der Waals surface area contributed by atoms with Gasteiger partial charge in [0.05, 0.1) is 30.2 Å². The number of nitrogens with one attached hydrogen (secondary N) is 2. The van der Waals surface area contributed by atoms with Crippen LogP contribution in [-0.4, -0.2) is 28.8 Å². The number of hydrogen-bond donors (Lipinski definition) is 4. The number of aliphatic hydroxyl groups is 1. The number of carbonyl (C=O) groups is 2. The number of anilines is 3. The molecular formula is C38H43N3O5S. The summed E-state index contributed by atoms with van der Waals surface area (Å²) in [7, 11) is 0. The van der Waals surface area contributed by atoms with E-state index in [4.69, 9.17) is 15.2 Å². The van der Waals surface area contributed by atoms with E-state index in [0.717, 1.165) is 60.2 Å². The third kappa shape index (κ3) is 10.7. The molecule has 0 aromatic heterocycles. The highest BCUT2D eigenvalue weighted by Gasteiger charge is 2.32. The Labute approximate surface area is 281 Å². The highest BCUT2D eigenvalue weighted by atomic mass is 32.2. The Morgan fingerprint density at radius 1 is 0.745 bits per heavy atom. The Morgan fingerprint density at radius 2 is 1.38 bits per heavy atom. The van der Waals surface area contributed by atoms with Crippen molar-refractivity contribution >= 4 is 40.6 Å². The fourth-order valence-corrected chi connectivity index (χ4v) is 6.37. The second kappa shape index (κ2) is 17.7. The molecule has 3 atom stereocenters. The van der Waals surface area contributed by atoms with Crippen LogP contribution >= 0.6 is 11.8 Å². The molecular weight excluding hydrogens is 611 g/mol. The first-order valence-electron chi connectivity index (χ1n) is 16.2. The topological polar surface area (TPSA) is 123 Å². The number of para-hydroxylation sites is 2. The highest BCUT2D eigenvalue weighted by Crippen LogP contribution is 2.39. The average Bonchev–Trinajstić information content (AvgIpc) is 3.10. The smallest absolute Gasteiger partial charge is 0.224 e. The maximum atomic E-state index is 12.6. The average molecular weight is 654 g/mol. The molecule has 0 radical (unpaired) electrons. The van der Waals surface area contributed by atoms with E-state index < -0.39 is 6.29 Å². The predicted octanol–water partition coefficient (Wildman–Crippen LogP) is 8.02. The minimum Gasteiger partial charge on any atom is -0.397 e. The van der Waals surface area contributed by atoms with Crippen molar-refractivity contribution < 1.29 is 24.2 Å². The van der Waals surface area contributed by atoms with Crippen LogP contribution in [-0.2, 0) is 25.7 Å². The van der Waals surface area contributed by atoms with Crippen molar-refractivity contribution in [3.05, 3.63) is 120 Å². The second-order valence-corrected chi connectivity index (χ2v) is 12.8. The lowest BCUT2D eigenvalue weighted by molar-refractivity contribution is -0.245. The van der Waals surface area contributed by atoms with Gasteiger partial charge in [-0.3, -0.25) is 9.59 Å². The van der Waals surface area contributed by atoms with Crippen LogP contribution in [0.3, 0.4) is 0 Å². The van der Waals surface area contributed by atoms with Crippen molar-refractivity contribution in [2.75, 3.05) is 22.1 Å². The van der Waals surface area contributed by atoms with Crippen molar-refractivity contribution in [2.24, 2.45) is 0 Å². The zero-order valence-electron chi connectivity index (χ0n) is 26.5. The number of thioether (sulfide) groups is 1. The first-order chi connectivity index (χ1) is 23.0. The van der Waals surface area contributed by atoms with E-state index in [9.17, 15) is 14.7 Å². The maximum Gasteiger partial charge on any atom is 0.224 e. The van der Waals surface area contributed by atoms with E-state index in [1.807, 2.05) is 78.9 Å². The Bertz CT molecular complexity index is 1570. The minimum atomic E-state index is -0.551. The van der Waals surface area contributed by atoms with E-state index in [1.165, 1.54) is 4.90 Å². The fraction of sp³-hybridized carbons (Fsp3) is 0.316. The Hall–Kier alpha value is -4.15. The normalized spacial score (nSPS) is 17.6. The van der Waals surface area contributed by atoms with Crippen LogP contribution in [0.4, 0.5) is 17.1 Å². The number of nitrogens with two attached hydrogens (primary N) is 1. The number of amides is 2. The van der Waals surface area contributed by atoms with E-state index in [-0.39, 0.29) is 30.6 Å². The third-order valence-electron chi connectivity index (χ3n) is 8.05. The molecule has 2 amide bonds. The Morgan fingerprint density at radius 3 is 2.06 bits per heavy atom. The number of benzene rings is 4. The van der Waals surface area contributed by atoms with Gasteiger partial charge in [0.15, 0.2) is 6.29 Å². The number of hydrogen-bond acceptors (Lipinski definition) is 7. The van der Waals surface area contributed by atoms with Crippen LogP contribution in [0.15, 0.2) is 108 Å². The summed E-state index contributed by atoms with van der Waals surface area (Å²) in [6.07, 6.45) is 4.08. The molecule has 4 aromatic carbocycles. The van der Waals surface area contributed by atoms with E-state index in [2.05, 4.69) is 22.8 Å². The zero-order valence-corrected chi connectivity index (χ0v) is 27.3. The molecule has 8 nitrogen and oxygen atoms in total. The van der Waals surface area contributed by atoms with Gasteiger partial charge in [0, 0.05) is 41.2 Å². The maximum absolute atomic E-state index is 12.6. The number of rotatable bonds is 15. The first kappa shape index (κ1) is 34.2. The summed E-state index contributed by atoms with van der Waals surface area (Å²) in [4.78, 5) is 26.0. The highest BCUT2D eigenvalue weighted by molar-refractivity contribution is 7.99. The summed E-state index contributed by atoms with van der Waals surface area (Å²) >= 11 is 1.77. The van der Waals surface area contributed by atoms with Crippen LogP contribution in [0.2, 0.25) is 0 Å². The molecule has 5 rings (SSSR count). The largest absolute Gasteiger partial charge is 0.397 e. The van der Waals surface area contributed by atoms with Crippen LogP contribution in [0.5, 0.6) is 0 Å². The van der Waals surface area contributed by atoms with Gasteiger partial charge in [-0.05, 0) is 60.4 Å². The van der Waals surface area contributed by atoms with Gasteiger partial charge in [0.1, 0.15) is 0 Å². The van der Waals surface area contributed by atoms with Gasteiger partial charge in [0.25, 0.3) is 0 Å². The summed E-state index contributed by atoms with van der Waals surface area (Å²) in [6, 6.07) is 33.0. The molecule has 1 aliphatic rings. The molecule has 5 N–H and O–H groups in total. The molecule has 246 valence electrons. The standard InChI is InChI=1S/C38H43N3O5S/c39-33-12-8-9-13-34(33)41-37(44)15-7-2-1-6-14-36(43)40-30-22-20-29(21-23-30)38-45-31(26-47-32-10-4-3-5-11-32)24-35(46-38)28-18-16-27(25-42)17-19-28/h3-5,8-13,16-23,31,35,38,42H,1-2,6-7,14-15,24-26,39H2,(H,40,43)(H,41,44)/t31-,35+,38+/m1/s1. The number of unbranched alkanes of at least 4 members (excludes halogenated alkanes) is 3. The second-order valence-electron chi connectivity index (χ2n) is 11.7. The van der Waals surface area contributed by atoms with Crippen molar-refractivity contribution in [1.82, 2.24) is 0 Å². The van der Waals surface area contributed by atoms with E-state index in [0.29, 0.717) is 24.2 Å². The van der Waals surface area contributed by atoms with Crippen LogP contribution in [0.25, 0.3) is 0 Å². The molecule has 0 aliphatic carbocycles. The number of aliphatic hydroxyl groups excluding tert-OH is 1. The van der Waals surface area contributed by atoms with Gasteiger partial charge < -0.3 is 30.9 Å². The van der Waals surface area contributed by atoms with Crippen molar-refractivity contribution in [3.63, 3.8) is 0 Å². The number of carbonyl (C=O) groups excluding carboxylic acids is 2. The lowest BCUT2D eigenvalue weighted by atomic mass is 10.0. The summed E-state index contributed by atoms with van der Waals surface area (Å²) in [5, 5.41) is 15.3.